The van der Waals surface area contributed by atoms with Crippen molar-refractivity contribution in [2.24, 2.45) is 5.73 Å². The molecule has 2 heterocycles. The molecule has 0 fully saturated rings. The zero-order valence-corrected chi connectivity index (χ0v) is 23.7. The third-order valence-corrected chi connectivity index (χ3v) is 7.46. The van der Waals surface area contributed by atoms with Crippen LogP contribution in [0, 0.1) is 5.82 Å². The van der Waals surface area contributed by atoms with Gasteiger partial charge in [-0.2, -0.15) is 18.2 Å². The normalized spacial score (nSPS) is 12.6. The van der Waals surface area contributed by atoms with Crippen LogP contribution in [0.2, 0.25) is 0 Å². The number of benzene rings is 3. The van der Waals surface area contributed by atoms with Gasteiger partial charge in [0.05, 0.1) is 10.6 Å². The molecule has 10 nitrogen and oxygen atoms in total. The summed E-state index contributed by atoms with van der Waals surface area (Å²) in [4.78, 5) is 16.7. The highest BCUT2D eigenvalue weighted by Gasteiger charge is 2.29. The summed E-state index contributed by atoms with van der Waals surface area (Å²) in [6, 6.07) is 18.2. The molecule has 1 amide bonds. The lowest BCUT2D eigenvalue weighted by Gasteiger charge is -2.14. The average molecular weight is 629 g/mol. The highest BCUT2D eigenvalue weighted by Crippen LogP contribution is 2.32. The number of ether oxygens (including phenoxy) is 1. The molecule has 0 spiro atoms. The van der Waals surface area contributed by atoms with Crippen LogP contribution in [0.15, 0.2) is 90.0 Å². The predicted molar refractivity (Wildman–Crippen MR) is 155 cm³/mol. The Hall–Kier alpha value is -5.02. The summed E-state index contributed by atoms with van der Waals surface area (Å²) in [6.45, 7) is -1.62. The van der Waals surface area contributed by atoms with Gasteiger partial charge < -0.3 is 21.1 Å². The van der Waals surface area contributed by atoms with E-state index in [4.69, 9.17) is 10.5 Å². The number of aromatic nitrogens is 3. The number of pyridine rings is 1. The topological polar surface area (TPSA) is 141 Å². The van der Waals surface area contributed by atoms with Crippen molar-refractivity contribution in [1.82, 2.24) is 14.6 Å². The van der Waals surface area contributed by atoms with Crippen LogP contribution in [0.3, 0.4) is 0 Å². The molecular weight excluding hydrogens is 604 g/mol. The quantitative estimate of drug-likeness (QED) is 0.188. The number of nitrogens with one attached hydrogen (secondary N) is 2. The zero-order chi connectivity index (χ0) is 31.6. The van der Waals surface area contributed by atoms with E-state index in [0.717, 1.165) is 23.4 Å². The van der Waals surface area contributed by atoms with Gasteiger partial charge in [0.1, 0.15) is 17.6 Å². The van der Waals surface area contributed by atoms with Gasteiger partial charge in [0.15, 0.2) is 22.1 Å². The fourth-order valence-corrected chi connectivity index (χ4v) is 4.77. The van der Waals surface area contributed by atoms with Gasteiger partial charge >= 0.3 is 6.18 Å². The van der Waals surface area contributed by atoms with Gasteiger partial charge in [0.25, 0.3) is 0 Å². The SMILES string of the molecule is CS(=O)(=O)c1ccc(Nc2nc3ccc(-c4ccc(NC(=O)C(N)c5ccc(F)cc5)cc4)cn3n2)c(OCC(F)(F)F)c1. The first-order valence-electron chi connectivity index (χ1n) is 12.8. The van der Waals surface area contributed by atoms with Crippen molar-refractivity contribution in [1.29, 1.82) is 0 Å². The maximum Gasteiger partial charge on any atom is 0.422 e. The van der Waals surface area contributed by atoms with E-state index < -0.39 is 40.4 Å². The molecule has 0 aliphatic rings. The van der Waals surface area contributed by atoms with Crippen LogP contribution in [-0.4, -0.2) is 48.0 Å². The number of amides is 1. The molecule has 1 atom stereocenters. The van der Waals surface area contributed by atoms with Crippen molar-refractivity contribution < 1.29 is 35.5 Å². The summed E-state index contributed by atoms with van der Waals surface area (Å²) >= 11 is 0. The van der Waals surface area contributed by atoms with Crippen LogP contribution >= 0.6 is 0 Å². The molecular formula is C29H24F4N6O4S. The molecule has 0 aliphatic carbocycles. The number of anilines is 3. The number of nitrogens with zero attached hydrogens (tertiary/aromatic N) is 3. The highest BCUT2D eigenvalue weighted by atomic mass is 32.2. The van der Waals surface area contributed by atoms with E-state index in [-0.39, 0.29) is 22.3 Å². The van der Waals surface area contributed by atoms with Gasteiger partial charge in [-0.25, -0.2) is 17.3 Å². The first kappa shape index (κ1) is 30.4. The van der Waals surface area contributed by atoms with Gasteiger partial charge in [0.2, 0.25) is 11.9 Å². The maximum atomic E-state index is 13.2. The fraction of sp³-hybridized carbons (Fsp3) is 0.138. The Morgan fingerprint density at radius 2 is 1.68 bits per heavy atom. The molecule has 0 bridgehead atoms. The number of carbonyl (C=O) groups excluding carboxylic acids is 1. The third kappa shape index (κ3) is 7.30. The van der Waals surface area contributed by atoms with E-state index in [2.05, 4.69) is 20.7 Å². The monoisotopic (exact) mass is 628 g/mol. The van der Waals surface area contributed by atoms with E-state index in [1.54, 1.807) is 42.6 Å². The van der Waals surface area contributed by atoms with E-state index >= 15 is 0 Å². The lowest BCUT2D eigenvalue weighted by Crippen LogP contribution is -2.27. The Morgan fingerprint density at radius 1 is 1.00 bits per heavy atom. The molecule has 0 saturated carbocycles. The lowest BCUT2D eigenvalue weighted by atomic mass is 10.1. The number of rotatable bonds is 9. The second kappa shape index (κ2) is 11.9. The van der Waals surface area contributed by atoms with Crippen LogP contribution in [0.1, 0.15) is 11.6 Å². The average Bonchev–Trinajstić information content (AvgIpc) is 3.37. The van der Waals surface area contributed by atoms with Crippen molar-refractivity contribution in [3.05, 3.63) is 96.4 Å². The molecule has 44 heavy (non-hydrogen) atoms. The van der Waals surface area contributed by atoms with Crippen LogP contribution < -0.4 is 21.1 Å². The Kier molecular flexibility index (Phi) is 8.25. The van der Waals surface area contributed by atoms with Gasteiger partial charge in [-0.05, 0) is 59.7 Å². The van der Waals surface area contributed by atoms with E-state index in [0.29, 0.717) is 16.9 Å². The van der Waals surface area contributed by atoms with Gasteiger partial charge in [-0.15, -0.1) is 5.10 Å². The van der Waals surface area contributed by atoms with E-state index in [9.17, 15) is 30.8 Å². The van der Waals surface area contributed by atoms with Crippen LogP contribution in [-0.2, 0) is 14.6 Å². The smallest absolute Gasteiger partial charge is 0.422 e. The van der Waals surface area contributed by atoms with Crippen molar-refractivity contribution >= 4 is 38.7 Å². The van der Waals surface area contributed by atoms with Crippen molar-refractivity contribution in [3.8, 4) is 16.9 Å². The second-order valence-corrected chi connectivity index (χ2v) is 11.7. The molecule has 5 aromatic rings. The third-order valence-electron chi connectivity index (χ3n) is 6.35. The Labute approximate surface area is 248 Å². The number of fused-ring (bicyclic) bond motifs is 1. The van der Waals surface area contributed by atoms with Gasteiger partial charge in [-0.3, -0.25) is 4.79 Å². The minimum Gasteiger partial charge on any atom is -0.482 e. The zero-order valence-electron chi connectivity index (χ0n) is 22.8. The van der Waals surface area contributed by atoms with Gasteiger partial charge in [0, 0.05) is 29.8 Å². The lowest BCUT2D eigenvalue weighted by molar-refractivity contribution is -0.153. The number of hydrogen-bond acceptors (Lipinski definition) is 8. The Bertz CT molecular complexity index is 1930. The maximum absolute atomic E-state index is 13.2. The summed E-state index contributed by atoms with van der Waals surface area (Å²) in [7, 11) is -3.71. The predicted octanol–water partition coefficient (Wildman–Crippen LogP) is 5.26. The summed E-state index contributed by atoms with van der Waals surface area (Å²) in [5.74, 6) is -1.21. The van der Waals surface area contributed by atoms with Crippen LogP contribution in [0.5, 0.6) is 5.75 Å². The van der Waals surface area contributed by atoms with E-state index in [1.807, 2.05) is 0 Å². The molecule has 5 rings (SSSR count). The molecule has 0 saturated heterocycles. The van der Waals surface area contributed by atoms with Crippen LogP contribution in [0.4, 0.5) is 34.9 Å². The standard InChI is InChI=1S/C29H24F4N6O4S/c1-44(41,42)22-11-12-23(24(14-22)43-16-29(31,32)33)36-28-37-25-13-6-19(15-39(25)38-28)17-4-9-21(10-5-17)35-27(40)26(34)18-2-7-20(30)8-3-18/h2-15,26H,16,34H2,1H3,(H,35,40)(H,36,38). The number of nitrogens with two attached hydrogens (primary N) is 1. The molecule has 228 valence electrons. The molecule has 3 aromatic carbocycles. The van der Waals surface area contributed by atoms with Gasteiger partial charge in [-0.1, -0.05) is 24.3 Å². The summed E-state index contributed by atoms with van der Waals surface area (Å²) in [5.41, 5.74) is 8.92. The molecule has 0 aliphatic heterocycles. The molecule has 0 radical (unpaired) electrons. The van der Waals surface area contributed by atoms with E-state index in [1.165, 1.54) is 40.9 Å². The molecule has 15 heteroatoms. The minimum absolute atomic E-state index is 0.0293. The van der Waals surface area contributed by atoms with Crippen LogP contribution in [0.25, 0.3) is 16.8 Å². The van der Waals surface area contributed by atoms with Crippen molar-refractivity contribution in [2.75, 3.05) is 23.5 Å². The first-order chi connectivity index (χ1) is 20.7. The summed E-state index contributed by atoms with van der Waals surface area (Å²) < 4.78 is 81.8. The highest BCUT2D eigenvalue weighted by molar-refractivity contribution is 7.90. The Balaban J connectivity index is 1.32. The first-order valence-corrected chi connectivity index (χ1v) is 14.7. The second-order valence-electron chi connectivity index (χ2n) is 9.71. The number of carbonyl (C=O) groups is 1. The van der Waals surface area contributed by atoms with Crippen molar-refractivity contribution in [3.63, 3.8) is 0 Å². The van der Waals surface area contributed by atoms with Crippen molar-refractivity contribution in [2.45, 2.75) is 17.1 Å². The number of sulfone groups is 1. The molecule has 2 aromatic heterocycles. The largest absolute Gasteiger partial charge is 0.482 e. The summed E-state index contributed by atoms with van der Waals surface area (Å²) in [5, 5.41) is 9.84. The fourth-order valence-electron chi connectivity index (χ4n) is 4.13. The molecule has 1 unspecified atom stereocenters. The number of alkyl halides is 3. The summed E-state index contributed by atoms with van der Waals surface area (Å²) in [6.07, 6.45) is -2.03. The molecule has 4 N–H and O–H groups in total. The number of hydrogen-bond donors (Lipinski definition) is 3. The Morgan fingerprint density at radius 3 is 2.34 bits per heavy atom. The minimum atomic E-state index is -4.64. The number of halogens is 4.